The molecular formula is C20H14F2N2O2S. The van der Waals surface area contributed by atoms with Gasteiger partial charge in [-0.25, -0.2) is 21.7 Å². The highest BCUT2D eigenvalue weighted by molar-refractivity contribution is 7.90. The van der Waals surface area contributed by atoms with E-state index in [1.54, 1.807) is 28.9 Å². The lowest BCUT2D eigenvalue weighted by Gasteiger charge is -2.06. The number of nitrogens with zero attached hydrogens (tertiary/aromatic N) is 2. The number of pyridine rings is 1. The van der Waals surface area contributed by atoms with Crippen LogP contribution in [0.4, 0.5) is 8.78 Å². The molecule has 136 valence electrons. The second-order valence-electron chi connectivity index (χ2n) is 6.17. The zero-order valence-electron chi connectivity index (χ0n) is 14.2. The van der Waals surface area contributed by atoms with Gasteiger partial charge < -0.3 is 0 Å². The summed E-state index contributed by atoms with van der Waals surface area (Å²) in [6.07, 6.45) is 2.87. The first-order valence-corrected chi connectivity index (χ1v) is 9.97. The molecule has 0 aliphatic heterocycles. The molecule has 7 heteroatoms. The van der Waals surface area contributed by atoms with Gasteiger partial charge in [0.1, 0.15) is 17.3 Å². The SMILES string of the molecule is CS(=O)(=O)c1ccc(-c2c(-c3ccc(F)cc3F)nn3ccccc23)cc1. The second-order valence-corrected chi connectivity index (χ2v) is 8.19. The maximum absolute atomic E-state index is 14.4. The van der Waals surface area contributed by atoms with Gasteiger partial charge in [-0.3, -0.25) is 0 Å². The number of aromatic nitrogens is 2. The smallest absolute Gasteiger partial charge is 0.175 e. The number of sulfone groups is 1. The van der Waals surface area contributed by atoms with Crippen LogP contribution in [0.5, 0.6) is 0 Å². The van der Waals surface area contributed by atoms with Gasteiger partial charge in [-0.1, -0.05) is 18.2 Å². The normalized spacial score (nSPS) is 11.8. The van der Waals surface area contributed by atoms with Gasteiger partial charge in [0.2, 0.25) is 0 Å². The molecule has 27 heavy (non-hydrogen) atoms. The van der Waals surface area contributed by atoms with Crippen molar-refractivity contribution < 1.29 is 17.2 Å². The largest absolute Gasteiger partial charge is 0.240 e. The predicted octanol–water partition coefficient (Wildman–Crippen LogP) is 4.35. The Balaban J connectivity index is 1.99. The molecule has 2 aromatic heterocycles. The average Bonchev–Trinajstić information content (AvgIpc) is 3.00. The molecule has 0 fully saturated rings. The van der Waals surface area contributed by atoms with E-state index < -0.39 is 21.5 Å². The van der Waals surface area contributed by atoms with Gasteiger partial charge in [-0.15, -0.1) is 0 Å². The van der Waals surface area contributed by atoms with Crippen LogP contribution in [0.15, 0.2) is 71.8 Å². The fraction of sp³-hybridized carbons (Fsp3) is 0.0500. The molecule has 0 radical (unpaired) electrons. The highest BCUT2D eigenvalue weighted by atomic mass is 32.2. The van der Waals surface area contributed by atoms with Crippen LogP contribution in [0.3, 0.4) is 0 Å². The molecule has 0 N–H and O–H groups in total. The summed E-state index contributed by atoms with van der Waals surface area (Å²) in [7, 11) is -3.33. The fourth-order valence-corrected chi connectivity index (χ4v) is 3.65. The zero-order valence-corrected chi connectivity index (χ0v) is 15.0. The summed E-state index contributed by atoms with van der Waals surface area (Å²) in [4.78, 5) is 0.192. The first kappa shape index (κ1) is 17.4. The van der Waals surface area contributed by atoms with Gasteiger partial charge >= 0.3 is 0 Å². The van der Waals surface area contributed by atoms with Crippen molar-refractivity contribution in [1.29, 1.82) is 0 Å². The van der Waals surface area contributed by atoms with Crippen LogP contribution in [0.1, 0.15) is 0 Å². The quantitative estimate of drug-likeness (QED) is 0.528. The molecule has 0 aliphatic carbocycles. The van der Waals surface area contributed by atoms with Crippen molar-refractivity contribution in [1.82, 2.24) is 9.61 Å². The first-order valence-electron chi connectivity index (χ1n) is 8.08. The Kier molecular flexibility index (Phi) is 4.04. The highest BCUT2D eigenvalue weighted by Crippen LogP contribution is 2.36. The molecule has 0 saturated heterocycles. The number of hydrogen-bond donors (Lipinski definition) is 0. The third-order valence-corrected chi connectivity index (χ3v) is 5.43. The third-order valence-electron chi connectivity index (χ3n) is 4.30. The van der Waals surface area contributed by atoms with Crippen molar-refractivity contribution in [3.05, 3.63) is 78.5 Å². The lowest BCUT2D eigenvalue weighted by atomic mass is 9.99. The van der Waals surface area contributed by atoms with Crippen LogP contribution in [-0.2, 0) is 9.84 Å². The Morgan fingerprint density at radius 2 is 1.70 bits per heavy atom. The molecule has 0 spiro atoms. The van der Waals surface area contributed by atoms with Gasteiger partial charge in [-0.05, 0) is 42.0 Å². The Morgan fingerprint density at radius 1 is 0.963 bits per heavy atom. The summed E-state index contributed by atoms with van der Waals surface area (Å²) >= 11 is 0. The molecule has 0 amide bonds. The molecule has 0 aliphatic rings. The van der Waals surface area contributed by atoms with E-state index in [1.165, 1.54) is 24.3 Å². The fourth-order valence-electron chi connectivity index (χ4n) is 3.02. The number of halogens is 2. The lowest BCUT2D eigenvalue weighted by Crippen LogP contribution is -1.96. The Morgan fingerprint density at radius 3 is 2.37 bits per heavy atom. The van der Waals surface area contributed by atoms with E-state index in [1.807, 2.05) is 12.1 Å². The van der Waals surface area contributed by atoms with Crippen molar-refractivity contribution in [3.8, 4) is 22.4 Å². The molecule has 4 nitrogen and oxygen atoms in total. The van der Waals surface area contributed by atoms with E-state index in [9.17, 15) is 17.2 Å². The van der Waals surface area contributed by atoms with Crippen LogP contribution in [0, 0.1) is 11.6 Å². The minimum Gasteiger partial charge on any atom is -0.240 e. The van der Waals surface area contributed by atoms with Crippen molar-refractivity contribution in [2.24, 2.45) is 0 Å². The molecule has 4 rings (SSSR count). The Bertz CT molecular complexity index is 1260. The summed E-state index contributed by atoms with van der Waals surface area (Å²) < 4.78 is 52.8. The van der Waals surface area contributed by atoms with Crippen LogP contribution in [-0.4, -0.2) is 24.3 Å². The average molecular weight is 384 g/mol. The molecule has 4 aromatic rings. The number of rotatable bonds is 3. The van der Waals surface area contributed by atoms with E-state index in [0.29, 0.717) is 16.8 Å². The van der Waals surface area contributed by atoms with Crippen LogP contribution in [0.25, 0.3) is 27.9 Å². The minimum atomic E-state index is -3.33. The molecule has 2 aromatic carbocycles. The minimum absolute atomic E-state index is 0.169. The number of benzene rings is 2. The van der Waals surface area contributed by atoms with Gasteiger partial charge in [-0.2, -0.15) is 5.10 Å². The third kappa shape index (κ3) is 3.10. The van der Waals surface area contributed by atoms with Gasteiger partial charge in [0.15, 0.2) is 9.84 Å². The predicted molar refractivity (Wildman–Crippen MR) is 99.1 cm³/mol. The van der Waals surface area contributed by atoms with Crippen LogP contribution >= 0.6 is 0 Å². The number of fused-ring (bicyclic) bond motifs is 1. The molecular weight excluding hydrogens is 370 g/mol. The standard InChI is InChI=1S/C20H14F2N2O2S/c1-27(25,26)15-8-5-13(6-9-15)19-18-4-2-3-11-24(18)23-20(19)16-10-7-14(21)12-17(16)22/h2-12H,1H3. The van der Waals surface area contributed by atoms with Crippen LogP contribution in [0.2, 0.25) is 0 Å². The topological polar surface area (TPSA) is 51.4 Å². The molecule has 0 atom stereocenters. The Labute approximate surface area is 154 Å². The molecule has 0 unspecified atom stereocenters. The van der Waals surface area contributed by atoms with E-state index in [-0.39, 0.29) is 10.5 Å². The van der Waals surface area contributed by atoms with E-state index in [2.05, 4.69) is 5.10 Å². The molecule has 2 heterocycles. The van der Waals surface area contributed by atoms with Gasteiger partial charge in [0.25, 0.3) is 0 Å². The second kappa shape index (κ2) is 6.28. The van der Waals surface area contributed by atoms with E-state index >= 15 is 0 Å². The van der Waals surface area contributed by atoms with Crippen molar-refractivity contribution >= 4 is 15.4 Å². The van der Waals surface area contributed by atoms with Gasteiger partial charge in [0, 0.05) is 29.6 Å². The van der Waals surface area contributed by atoms with E-state index in [0.717, 1.165) is 17.8 Å². The maximum Gasteiger partial charge on any atom is 0.175 e. The van der Waals surface area contributed by atoms with Crippen LogP contribution < -0.4 is 0 Å². The highest BCUT2D eigenvalue weighted by Gasteiger charge is 2.19. The zero-order chi connectivity index (χ0) is 19.2. The monoisotopic (exact) mass is 384 g/mol. The summed E-state index contributed by atoms with van der Waals surface area (Å²) in [5.41, 5.74) is 2.57. The van der Waals surface area contributed by atoms with Crippen molar-refractivity contribution in [2.45, 2.75) is 4.90 Å². The summed E-state index contributed by atoms with van der Waals surface area (Å²) in [6.45, 7) is 0. The van der Waals surface area contributed by atoms with Crippen molar-refractivity contribution in [2.75, 3.05) is 6.26 Å². The lowest BCUT2D eigenvalue weighted by molar-refractivity contribution is 0.585. The Hall–Kier alpha value is -3.06. The summed E-state index contributed by atoms with van der Waals surface area (Å²) in [5, 5.41) is 4.46. The summed E-state index contributed by atoms with van der Waals surface area (Å²) in [5.74, 6) is -1.38. The summed E-state index contributed by atoms with van der Waals surface area (Å²) in [6, 6.07) is 15.1. The van der Waals surface area contributed by atoms with Gasteiger partial charge in [0.05, 0.1) is 10.4 Å². The molecule has 0 saturated carbocycles. The maximum atomic E-state index is 14.4. The first-order chi connectivity index (χ1) is 12.8. The van der Waals surface area contributed by atoms with E-state index in [4.69, 9.17) is 0 Å². The number of hydrogen-bond acceptors (Lipinski definition) is 3. The van der Waals surface area contributed by atoms with Crippen molar-refractivity contribution in [3.63, 3.8) is 0 Å². The molecule has 0 bridgehead atoms.